The first kappa shape index (κ1) is 24.5. The van der Waals surface area contributed by atoms with E-state index in [1.165, 1.54) is 4.90 Å². The van der Waals surface area contributed by atoms with Crippen LogP contribution in [0.2, 0.25) is 10.0 Å². The lowest BCUT2D eigenvalue weighted by Crippen LogP contribution is -2.50. The zero-order valence-corrected chi connectivity index (χ0v) is 22.7. The summed E-state index contributed by atoms with van der Waals surface area (Å²) in [5.74, 6) is -1.58. The fourth-order valence-corrected chi connectivity index (χ4v) is 7.21. The number of fused-ring (bicyclic) bond motifs is 8. The van der Waals surface area contributed by atoms with Crippen LogP contribution in [0.25, 0.3) is 16.6 Å². The summed E-state index contributed by atoms with van der Waals surface area (Å²) in [5, 5.41) is 4.61. The summed E-state index contributed by atoms with van der Waals surface area (Å²) in [4.78, 5) is 48.7. The molecule has 3 aliphatic rings. The fraction of sp³-hybridized carbons (Fsp3) is 0.267. The molecule has 2 fully saturated rings. The van der Waals surface area contributed by atoms with Gasteiger partial charge in [0.05, 0.1) is 44.2 Å². The van der Waals surface area contributed by atoms with E-state index in [4.69, 9.17) is 28.2 Å². The first-order valence-electron chi connectivity index (χ1n) is 13.0. The summed E-state index contributed by atoms with van der Waals surface area (Å²) < 4.78 is 1.60. The van der Waals surface area contributed by atoms with Gasteiger partial charge in [0.15, 0.2) is 0 Å². The lowest BCUT2D eigenvalue weighted by Gasteiger charge is -2.32. The average Bonchev–Trinajstić information content (AvgIpc) is 3.49. The van der Waals surface area contributed by atoms with E-state index < -0.39 is 23.3 Å². The van der Waals surface area contributed by atoms with Crippen molar-refractivity contribution >= 4 is 51.6 Å². The minimum absolute atomic E-state index is 0.149. The van der Waals surface area contributed by atoms with Crippen molar-refractivity contribution in [3.8, 4) is 5.69 Å². The van der Waals surface area contributed by atoms with Gasteiger partial charge in [0.1, 0.15) is 11.4 Å². The maximum atomic E-state index is 14.5. The number of halogens is 2. The topological polar surface area (TPSA) is 84.3 Å². The number of carbonyl (C=O) groups excluding carboxylic acids is 2. The Balaban J connectivity index is 1.53. The highest BCUT2D eigenvalue weighted by Gasteiger charge is 2.69. The van der Waals surface area contributed by atoms with Crippen LogP contribution in [-0.4, -0.2) is 27.4 Å². The third kappa shape index (κ3) is 3.15. The molecule has 7 rings (SSSR count). The number of nitrogens with one attached hydrogen (secondary N) is 1. The van der Waals surface area contributed by atoms with Crippen molar-refractivity contribution in [1.29, 1.82) is 0 Å². The summed E-state index contributed by atoms with van der Waals surface area (Å²) >= 11 is 12.8. The molecule has 3 aromatic carbocycles. The Labute approximate surface area is 234 Å². The lowest BCUT2D eigenvalue weighted by molar-refractivity contribution is -0.123. The van der Waals surface area contributed by atoms with Gasteiger partial charge in [0.2, 0.25) is 11.8 Å². The smallest absolute Gasteiger partial charge is 0.266 e. The van der Waals surface area contributed by atoms with Crippen LogP contribution in [0, 0.1) is 17.8 Å². The van der Waals surface area contributed by atoms with Crippen LogP contribution in [0.1, 0.15) is 31.7 Å². The molecule has 0 radical (unpaired) electrons. The van der Waals surface area contributed by atoms with E-state index in [1.54, 1.807) is 34.9 Å². The summed E-state index contributed by atoms with van der Waals surface area (Å²) in [6.45, 7) is 4.17. The second-order valence-electron chi connectivity index (χ2n) is 10.9. The molecule has 196 valence electrons. The molecule has 0 unspecified atom stereocenters. The molecule has 0 saturated carbocycles. The van der Waals surface area contributed by atoms with E-state index in [2.05, 4.69) is 19.2 Å². The molecular weight excluding hydrogens is 535 g/mol. The number of anilines is 1. The largest absolute Gasteiger partial charge is 0.297 e. The van der Waals surface area contributed by atoms with E-state index in [0.29, 0.717) is 28.8 Å². The number of para-hydroxylation sites is 2. The van der Waals surface area contributed by atoms with Crippen molar-refractivity contribution in [1.82, 2.24) is 14.9 Å². The van der Waals surface area contributed by atoms with Crippen molar-refractivity contribution in [2.24, 2.45) is 17.8 Å². The SMILES string of the molecule is CC(C)C[C@H]1N[C@]2(c3ccccc3-n3c2nc2ccccc2c3=O)[C@H]2C(=O)N(c3cccc(Cl)c3Cl)C(=O)[C@@H]12. The summed E-state index contributed by atoms with van der Waals surface area (Å²) in [6, 6.07) is 19.3. The monoisotopic (exact) mass is 558 g/mol. The van der Waals surface area contributed by atoms with Crippen LogP contribution in [0.3, 0.4) is 0 Å². The number of amides is 2. The van der Waals surface area contributed by atoms with Gasteiger partial charge in [-0.2, -0.15) is 0 Å². The number of benzene rings is 3. The highest BCUT2D eigenvalue weighted by atomic mass is 35.5. The van der Waals surface area contributed by atoms with Gasteiger partial charge in [-0.25, -0.2) is 9.88 Å². The molecule has 4 aromatic rings. The number of rotatable bonds is 3. The molecule has 4 atom stereocenters. The third-order valence-corrected chi connectivity index (χ3v) is 9.07. The summed E-state index contributed by atoms with van der Waals surface area (Å²) in [5.41, 5.74) is 0.826. The molecule has 1 aromatic heterocycles. The van der Waals surface area contributed by atoms with Gasteiger partial charge >= 0.3 is 0 Å². The van der Waals surface area contributed by atoms with Crippen molar-refractivity contribution in [3.63, 3.8) is 0 Å². The number of imide groups is 1. The van der Waals surface area contributed by atoms with Crippen LogP contribution in [-0.2, 0) is 15.1 Å². The first-order chi connectivity index (χ1) is 18.8. The molecule has 9 heteroatoms. The Morgan fingerprint density at radius 1 is 0.923 bits per heavy atom. The molecule has 1 spiro atoms. The van der Waals surface area contributed by atoms with Gasteiger partial charge in [-0.1, -0.05) is 73.4 Å². The Morgan fingerprint density at radius 2 is 1.64 bits per heavy atom. The third-order valence-electron chi connectivity index (χ3n) is 8.26. The molecule has 4 heterocycles. The van der Waals surface area contributed by atoms with Crippen LogP contribution in [0.5, 0.6) is 0 Å². The van der Waals surface area contributed by atoms with Crippen LogP contribution in [0.15, 0.2) is 71.5 Å². The van der Waals surface area contributed by atoms with E-state index in [-0.39, 0.29) is 39.2 Å². The molecule has 3 aliphatic heterocycles. The standard InChI is InChI=1S/C30H24Cl2N4O3/c1-15(2)14-20-23-24(28(39)35(27(23)38)22-13-7-10-18(31)25(22)32)30(34-20)17-9-4-6-12-21(17)36-26(37)16-8-3-5-11-19(16)33-29(30)36/h3-13,15,20,23-24,34H,14H2,1-2H3/t20-,23+,24-,30-/m1/s1. The summed E-state index contributed by atoms with van der Waals surface area (Å²) in [6.07, 6.45) is 0.652. The van der Waals surface area contributed by atoms with E-state index >= 15 is 0 Å². The quantitative estimate of drug-likeness (QED) is 0.355. The van der Waals surface area contributed by atoms with Crippen molar-refractivity contribution in [2.45, 2.75) is 31.8 Å². The Bertz CT molecular complexity index is 1780. The second kappa shape index (κ2) is 8.49. The summed E-state index contributed by atoms with van der Waals surface area (Å²) in [7, 11) is 0. The van der Waals surface area contributed by atoms with E-state index in [1.807, 2.05) is 36.4 Å². The minimum atomic E-state index is -1.18. The van der Waals surface area contributed by atoms with Crippen LogP contribution in [0.4, 0.5) is 5.69 Å². The molecule has 0 bridgehead atoms. The molecule has 7 nitrogen and oxygen atoms in total. The van der Waals surface area contributed by atoms with E-state index in [9.17, 15) is 14.4 Å². The minimum Gasteiger partial charge on any atom is -0.297 e. The maximum absolute atomic E-state index is 14.5. The van der Waals surface area contributed by atoms with Gasteiger partial charge in [-0.05, 0) is 42.7 Å². The Kier molecular flexibility index (Phi) is 5.34. The lowest BCUT2D eigenvalue weighted by atomic mass is 9.75. The molecule has 0 aliphatic carbocycles. The fourth-order valence-electron chi connectivity index (χ4n) is 6.83. The second-order valence-corrected chi connectivity index (χ2v) is 11.7. The normalized spacial score (nSPS) is 25.2. The van der Waals surface area contributed by atoms with E-state index in [0.717, 1.165) is 5.56 Å². The predicted molar refractivity (Wildman–Crippen MR) is 150 cm³/mol. The van der Waals surface area contributed by atoms with Crippen molar-refractivity contribution in [3.05, 3.63) is 98.5 Å². The molecule has 2 amide bonds. The molecular formula is C30H24Cl2N4O3. The average molecular weight is 559 g/mol. The van der Waals surface area contributed by atoms with Gasteiger partial charge in [-0.3, -0.25) is 24.3 Å². The number of carbonyl (C=O) groups is 2. The first-order valence-corrected chi connectivity index (χ1v) is 13.7. The predicted octanol–water partition coefficient (Wildman–Crippen LogP) is 5.07. The van der Waals surface area contributed by atoms with Crippen LogP contribution < -0.4 is 15.8 Å². The maximum Gasteiger partial charge on any atom is 0.266 e. The molecule has 2 saturated heterocycles. The number of hydrogen-bond donors (Lipinski definition) is 1. The number of hydrogen-bond acceptors (Lipinski definition) is 5. The zero-order chi connectivity index (χ0) is 27.2. The Hall–Kier alpha value is -3.52. The highest BCUT2D eigenvalue weighted by molar-refractivity contribution is 6.45. The van der Waals surface area contributed by atoms with Gasteiger partial charge in [0.25, 0.3) is 5.56 Å². The van der Waals surface area contributed by atoms with Gasteiger partial charge < -0.3 is 0 Å². The van der Waals surface area contributed by atoms with Gasteiger partial charge in [0, 0.05) is 11.6 Å². The number of nitrogens with zero attached hydrogens (tertiary/aromatic N) is 3. The van der Waals surface area contributed by atoms with Crippen molar-refractivity contribution in [2.75, 3.05) is 4.90 Å². The van der Waals surface area contributed by atoms with Gasteiger partial charge in [-0.15, -0.1) is 0 Å². The van der Waals surface area contributed by atoms with Crippen molar-refractivity contribution < 1.29 is 9.59 Å². The number of aromatic nitrogens is 2. The molecule has 39 heavy (non-hydrogen) atoms. The molecule has 1 N–H and O–H groups in total. The highest BCUT2D eigenvalue weighted by Crippen LogP contribution is 2.56. The Morgan fingerprint density at radius 3 is 2.44 bits per heavy atom. The zero-order valence-electron chi connectivity index (χ0n) is 21.2. The van der Waals surface area contributed by atoms with Crippen LogP contribution >= 0.6 is 23.2 Å².